The van der Waals surface area contributed by atoms with E-state index in [1.54, 1.807) is 10.9 Å². The second kappa shape index (κ2) is 8.06. The number of hydrogen-bond donors (Lipinski definition) is 2. The van der Waals surface area contributed by atoms with Crippen molar-refractivity contribution in [3.63, 3.8) is 0 Å². The van der Waals surface area contributed by atoms with E-state index in [0.717, 1.165) is 56.3 Å². The minimum absolute atomic E-state index is 0.607. The van der Waals surface area contributed by atoms with E-state index >= 15 is 0 Å². The lowest BCUT2D eigenvalue weighted by Crippen LogP contribution is -2.53. The van der Waals surface area contributed by atoms with Gasteiger partial charge in [0.1, 0.15) is 5.82 Å². The molecule has 4 rings (SSSR count). The molecule has 0 amide bonds. The van der Waals surface area contributed by atoms with Crippen molar-refractivity contribution in [3.05, 3.63) is 30.2 Å². The third-order valence-corrected chi connectivity index (χ3v) is 5.28. The molecule has 4 heterocycles. The van der Waals surface area contributed by atoms with Gasteiger partial charge in [-0.25, -0.2) is 4.98 Å². The minimum Gasteiger partial charge on any atom is -0.351 e. The van der Waals surface area contributed by atoms with Crippen molar-refractivity contribution in [2.45, 2.75) is 19.4 Å². The molecular formula is C19H28N8. The van der Waals surface area contributed by atoms with Crippen molar-refractivity contribution in [3.8, 4) is 0 Å². The normalized spacial score (nSPS) is 19.9. The minimum atomic E-state index is 0.607. The largest absolute Gasteiger partial charge is 0.351 e. The van der Waals surface area contributed by atoms with Crippen molar-refractivity contribution in [2.24, 2.45) is 7.05 Å². The lowest BCUT2D eigenvalue weighted by Gasteiger charge is -2.37. The van der Waals surface area contributed by atoms with E-state index in [9.17, 15) is 0 Å². The molecule has 144 valence electrons. The predicted molar refractivity (Wildman–Crippen MR) is 108 cm³/mol. The van der Waals surface area contributed by atoms with Crippen LogP contribution < -0.4 is 15.5 Å². The van der Waals surface area contributed by atoms with Crippen molar-refractivity contribution in [2.75, 3.05) is 49.5 Å². The van der Waals surface area contributed by atoms with Gasteiger partial charge in [-0.05, 0) is 6.42 Å². The van der Waals surface area contributed by atoms with Gasteiger partial charge in [0.15, 0.2) is 0 Å². The lowest BCUT2D eigenvalue weighted by atomic mass is 10.1. The number of fused-ring (bicyclic) bond motifs is 1. The summed E-state index contributed by atoms with van der Waals surface area (Å²) in [7, 11) is 1.89. The fourth-order valence-corrected chi connectivity index (χ4v) is 3.77. The maximum atomic E-state index is 4.79. The summed E-state index contributed by atoms with van der Waals surface area (Å²) < 4.78 is 1.76. The molecule has 0 saturated carbocycles. The highest BCUT2D eigenvalue weighted by Crippen LogP contribution is 2.25. The van der Waals surface area contributed by atoms with Crippen molar-refractivity contribution < 1.29 is 0 Å². The highest BCUT2D eigenvalue weighted by atomic mass is 15.3. The van der Waals surface area contributed by atoms with Crippen LogP contribution in [0.1, 0.15) is 18.9 Å². The monoisotopic (exact) mass is 368 g/mol. The Morgan fingerprint density at radius 3 is 3.04 bits per heavy atom. The van der Waals surface area contributed by atoms with Gasteiger partial charge in [-0.2, -0.15) is 10.1 Å². The molecule has 1 saturated heterocycles. The molecule has 27 heavy (non-hydrogen) atoms. The van der Waals surface area contributed by atoms with E-state index in [1.807, 2.05) is 19.4 Å². The fraction of sp³-hybridized carbons (Fsp3) is 0.526. The molecule has 1 atom stereocenters. The second-order valence-electron chi connectivity index (χ2n) is 7.15. The topological polar surface area (TPSA) is 74.1 Å². The van der Waals surface area contributed by atoms with Crippen molar-refractivity contribution >= 4 is 23.5 Å². The number of aromatic nitrogens is 4. The van der Waals surface area contributed by atoms with Crippen LogP contribution >= 0.6 is 0 Å². The average Bonchev–Trinajstić information content (AvgIpc) is 3.11. The van der Waals surface area contributed by atoms with Gasteiger partial charge in [-0.3, -0.25) is 9.58 Å². The molecule has 2 aromatic heterocycles. The van der Waals surface area contributed by atoms with Crippen LogP contribution in [0.5, 0.6) is 0 Å². The van der Waals surface area contributed by atoms with Gasteiger partial charge in [-0.15, -0.1) is 0 Å². The second-order valence-corrected chi connectivity index (χ2v) is 7.15. The van der Waals surface area contributed by atoms with E-state index in [1.165, 1.54) is 6.42 Å². The van der Waals surface area contributed by atoms with Gasteiger partial charge in [0.05, 0.1) is 11.9 Å². The van der Waals surface area contributed by atoms with Gasteiger partial charge >= 0.3 is 0 Å². The van der Waals surface area contributed by atoms with Crippen LogP contribution in [-0.2, 0) is 7.05 Å². The van der Waals surface area contributed by atoms with Crippen LogP contribution in [0.3, 0.4) is 0 Å². The van der Waals surface area contributed by atoms with Crippen LogP contribution in [-0.4, -0.2) is 70.0 Å². The van der Waals surface area contributed by atoms with Gasteiger partial charge in [0.2, 0.25) is 5.95 Å². The summed E-state index contributed by atoms with van der Waals surface area (Å²) in [5.41, 5.74) is 1.97. The molecule has 2 aromatic rings. The molecule has 0 aromatic carbocycles. The standard InChI is InChI=1S/C19H28N8/c1-3-17-13-20-6-8-26(17)9-10-27-7-4-5-15-11-21-19(24-18(15)27)23-16-12-22-25(2)14-16/h4-5,11-12,14,17,20H,3,6-10,13H2,1-2H3,(H,21,23,24)/t17-/m0/s1. The zero-order valence-corrected chi connectivity index (χ0v) is 16.1. The Bertz CT molecular complexity index is 799. The molecule has 0 spiro atoms. The summed E-state index contributed by atoms with van der Waals surface area (Å²) in [5.74, 6) is 1.61. The smallest absolute Gasteiger partial charge is 0.229 e. The predicted octanol–water partition coefficient (Wildman–Crippen LogP) is 1.47. The van der Waals surface area contributed by atoms with Crippen molar-refractivity contribution in [1.82, 2.24) is 30.0 Å². The molecule has 0 aliphatic carbocycles. The first-order valence-electron chi connectivity index (χ1n) is 9.72. The molecule has 8 nitrogen and oxygen atoms in total. The van der Waals surface area contributed by atoms with Crippen molar-refractivity contribution in [1.29, 1.82) is 0 Å². The van der Waals surface area contributed by atoms with E-state index in [-0.39, 0.29) is 0 Å². The zero-order chi connectivity index (χ0) is 18.6. The highest BCUT2D eigenvalue weighted by Gasteiger charge is 2.22. The molecule has 8 heteroatoms. The third-order valence-electron chi connectivity index (χ3n) is 5.28. The van der Waals surface area contributed by atoms with E-state index in [0.29, 0.717) is 12.0 Å². The molecular weight excluding hydrogens is 340 g/mol. The number of anilines is 3. The van der Waals surface area contributed by atoms with E-state index < -0.39 is 0 Å². The molecule has 0 unspecified atom stereocenters. The number of piperazine rings is 1. The van der Waals surface area contributed by atoms with Crippen LogP contribution in [0.25, 0.3) is 6.08 Å². The first kappa shape index (κ1) is 17.9. The Balaban J connectivity index is 1.46. The van der Waals surface area contributed by atoms with Gasteiger partial charge < -0.3 is 15.5 Å². The summed E-state index contributed by atoms with van der Waals surface area (Å²) in [4.78, 5) is 14.2. The SMILES string of the molecule is CC[C@H]1CNCCN1CCN1CC=Cc2cnc(Nc3cnn(C)c3)nc21. The zero-order valence-electron chi connectivity index (χ0n) is 16.1. The third kappa shape index (κ3) is 4.12. The Morgan fingerprint density at radius 1 is 1.30 bits per heavy atom. The molecule has 1 fully saturated rings. The molecule has 0 radical (unpaired) electrons. The Morgan fingerprint density at radius 2 is 2.22 bits per heavy atom. The number of rotatable bonds is 6. The molecule has 0 bridgehead atoms. The quantitative estimate of drug-likeness (QED) is 0.800. The summed E-state index contributed by atoms with van der Waals surface area (Å²) >= 11 is 0. The maximum absolute atomic E-state index is 4.79. The Labute approximate surface area is 160 Å². The van der Waals surface area contributed by atoms with Gasteiger partial charge in [0, 0.05) is 70.3 Å². The van der Waals surface area contributed by atoms with Crippen LogP contribution in [0.2, 0.25) is 0 Å². The summed E-state index contributed by atoms with van der Waals surface area (Å²) in [6.45, 7) is 8.47. The van der Waals surface area contributed by atoms with Crippen LogP contribution in [0.4, 0.5) is 17.5 Å². The van der Waals surface area contributed by atoms with Crippen LogP contribution in [0.15, 0.2) is 24.7 Å². The van der Waals surface area contributed by atoms with Gasteiger partial charge in [-0.1, -0.05) is 19.1 Å². The first-order chi connectivity index (χ1) is 13.2. The molecule has 2 aliphatic rings. The van der Waals surface area contributed by atoms with Gasteiger partial charge in [0.25, 0.3) is 0 Å². The molecule has 2 N–H and O–H groups in total. The fourth-order valence-electron chi connectivity index (χ4n) is 3.77. The number of nitrogens with one attached hydrogen (secondary N) is 2. The summed E-state index contributed by atoms with van der Waals surface area (Å²) in [6.07, 6.45) is 11.1. The number of hydrogen-bond acceptors (Lipinski definition) is 7. The number of nitrogens with zero attached hydrogens (tertiary/aromatic N) is 6. The van der Waals surface area contributed by atoms with E-state index in [4.69, 9.17) is 4.98 Å². The number of aryl methyl sites for hydroxylation is 1. The van der Waals surface area contributed by atoms with E-state index in [2.05, 4.69) is 49.6 Å². The van der Waals surface area contributed by atoms with Crippen LogP contribution in [0, 0.1) is 0 Å². The highest BCUT2D eigenvalue weighted by molar-refractivity contribution is 5.69. The summed E-state index contributed by atoms with van der Waals surface area (Å²) in [5, 5.41) is 10.9. The Kier molecular flexibility index (Phi) is 5.35. The lowest BCUT2D eigenvalue weighted by molar-refractivity contribution is 0.161. The Hall–Kier alpha value is -2.45. The molecule has 2 aliphatic heterocycles. The summed E-state index contributed by atoms with van der Waals surface area (Å²) in [6, 6.07) is 0.631. The first-order valence-corrected chi connectivity index (χ1v) is 9.72. The average molecular weight is 368 g/mol. The maximum Gasteiger partial charge on any atom is 0.229 e.